The summed E-state index contributed by atoms with van der Waals surface area (Å²) >= 11 is 0. The topological polar surface area (TPSA) is 78.9 Å². The summed E-state index contributed by atoms with van der Waals surface area (Å²) in [5.74, 6) is 2.30. The van der Waals surface area contributed by atoms with E-state index in [0.29, 0.717) is 34.5 Å². The molecule has 32 heavy (non-hydrogen) atoms. The first-order valence-corrected chi connectivity index (χ1v) is 12.7. The van der Waals surface area contributed by atoms with E-state index in [2.05, 4.69) is 31.9 Å². The molecule has 174 valence electrons. The second-order valence-corrected chi connectivity index (χ2v) is 12.7. The molecule has 1 aromatic heterocycles. The quantitative estimate of drug-likeness (QED) is 0.711. The predicted octanol–water partition coefficient (Wildman–Crippen LogP) is 5.12. The van der Waals surface area contributed by atoms with E-state index in [9.17, 15) is 9.90 Å². The number of aromatic nitrogens is 2. The average molecular weight is 438 g/mol. The van der Waals surface area contributed by atoms with Crippen molar-refractivity contribution in [3.8, 4) is 6.07 Å². The van der Waals surface area contributed by atoms with Gasteiger partial charge in [0.1, 0.15) is 6.07 Å². The number of Topliss-reactive ketones (excluding diaryl/α,β-unsaturated/α-hetero) is 1. The Labute approximate surface area is 192 Å². The molecule has 1 aromatic rings. The minimum atomic E-state index is -0.496. The van der Waals surface area contributed by atoms with Gasteiger partial charge < -0.3 is 5.11 Å². The number of hydrogen-bond donors (Lipinski definition) is 1. The number of rotatable bonds is 3. The Morgan fingerprint density at radius 1 is 1.06 bits per heavy atom. The Hall–Kier alpha value is -1.67. The van der Waals surface area contributed by atoms with Gasteiger partial charge in [-0.3, -0.25) is 9.48 Å². The highest BCUT2D eigenvalue weighted by atomic mass is 16.3. The largest absolute Gasteiger partial charge is 0.390 e. The molecule has 4 fully saturated rings. The summed E-state index contributed by atoms with van der Waals surface area (Å²) in [7, 11) is 0. The van der Waals surface area contributed by atoms with Gasteiger partial charge in [-0.1, -0.05) is 20.8 Å². The Morgan fingerprint density at radius 2 is 1.78 bits per heavy atom. The van der Waals surface area contributed by atoms with Gasteiger partial charge in [0.2, 0.25) is 0 Å². The maximum atomic E-state index is 13.4. The second-order valence-electron chi connectivity index (χ2n) is 12.7. The van der Waals surface area contributed by atoms with Crippen molar-refractivity contribution in [1.29, 1.82) is 5.26 Å². The SMILES string of the molecule is C[C@@]1(O)CC[C@@]2(C)[C@H](CC[C@]3(C)[C@@H]2CC[C@@]2(C)[C@H]3CC[C@@H]2C(=O)Cn2cc(C#N)cn2)C1. The number of fused-ring (bicyclic) bond motifs is 5. The predicted molar refractivity (Wildman–Crippen MR) is 122 cm³/mol. The van der Waals surface area contributed by atoms with Gasteiger partial charge in [0.05, 0.1) is 23.9 Å². The van der Waals surface area contributed by atoms with E-state index < -0.39 is 5.60 Å². The third-order valence-electron chi connectivity index (χ3n) is 11.0. The van der Waals surface area contributed by atoms with E-state index in [0.717, 1.165) is 38.5 Å². The van der Waals surface area contributed by atoms with Crippen molar-refractivity contribution < 1.29 is 9.90 Å². The highest BCUT2D eigenvalue weighted by molar-refractivity contribution is 5.82. The Morgan fingerprint density at radius 3 is 2.50 bits per heavy atom. The van der Waals surface area contributed by atoms with Crippen LogP contribution in [0.5, 0.6) is 0 Å². The van der Waals surface area contributed by atoms with Crippen molar-refractivity contribution >= 4 is 5.78 Å². The average Bonchev–Trinajstić information content (AvgIpc) is 3.33. The maximum absolute atomic E-state index is 13.4. The summed E-state index contributed by atoms with van der Waals surface area (Å²) in [6.07, 6.45) is 13.2. The normalized spacial score (nSPS) is 47.8. The van der Waals surface area contributed by atoms with Gasteiger partial charge in [-0.25, -0.2) is 0 Å². The van der Waals surface area contributed by atoms with Crippen LogP contribution in [-0.2, 0) is 11.3 Å². The molecule has 4 aliphatic rings. The summed E-state index contributed by atoms with van der Waals surface area (Å²) in [5.41, 5.74) is 0.691. The van der Waals surface area contributed by atoms with Gasteiger partial charge in [0, 0.05) is 12.1 Å². The number of nitrogens with zero attached hydrogens (tertiary/aromatic N) is 3. The maximum Gasteiger partial charge on any atom is 0.157 e. The van der Waals surface area contributed by atoms with Crippen molar-refractivity contribution in [2.24, 2.45) is 39.9 Å². The van der Waals surface area contributed by atoms with Crippen molar-refractivity contribution in [1.82, 2.24) is 9.78 Å². The molecule has 0 aromatic carbocycles. The van der Waals surface area contributed by atoms with E-state index in [4.69, 9.17) is 5.26 Å². The van der Waals surface area contributed by atoms with Crippen molar-refractivity contribution in [3.05, 3.63) is 18.0 Å². The number of hydrogen-bond acceptors (Lipinski definition) is 4. The molecular weight excluding hydrogens is 398 g/mol. The van der Waals surface area contributed by atoms with Crippen LogP contribution >= 0.6 is 0 Å². The molecule has 0 amide bonds. The third kappa shape index (κ3) is 3.12. The Kier molecular flexibility index (Phi) is 4.95. The Balaban J connectivity index is 1.38. The number of carbonyl (C=O) groups is 1. The van der Waals surface area contributed by atoms with Gasteiger partial charge in [0.15, 0.2) is 5.78 Å². The third-order valence-corrected chi connectivity index (χ3v) is 11.0. The zero-order valence-electron chi connectivity index (χ0n) is 20.2. The zero-order chi connectivity index (χ0) is 22.9. The lowest BCUT2D eigenvalue weighted by Crippen LogP contribution is -2.60. The van der Waals surface area contributed by atoms with Crippen molar-refractivity contribution in [2.45, 2.75) is 97.6 Å². The molecule has 0 saturated heterocycles. The first-order chi connectivity index (χ1) is 15.0. The fraction of sp³-hybridized carbons (Fsp3) is 0.815. The molecule has 0 aliphatic heterocycles. The first kappa shape index (κ1) is 22.1. The fourth-order valence-corrected chi connectivity index (χ4v) is 9.42. The molecule has 1 N–H and O–H groups in total. The van der Waals surface area contributed by atoms with E-state index >= 15 is 0 Å². The minimum Gasteiger partial charge on any atom is -0.390 e. The highest BCUT2D eigenvalue weighted by Gasteiger charge is 2.66. The van der Waals surface area contributed by atoms with Crippen LogP contribution in [-0.4, -0.2) is 26.3 Å². The van der Waals surface area contributed by atoms with E-state index in [-0.39, 0.29) is 23.3 Å². The minimum absolute atomic E-state index is 0.0664. The molecule has 5 rings (SSSR count). The summed E-state index contributed by atoms with van der Waals surface area (Å²) in [6, 6.07) is 2.10. The molecule has 0 spiro atoms. The number of nitriles is 1. The number of carbonyl (C=O) groups excluding carboxylic acids is 1. The molecule has 8 atom stereocenters. The lowest BCUT2D eigenvalue weighted by Gasteiger charge is -2.66. The molecule has 0 radical (unpaired) electrons. The fourth-order valence-electron chi connectivity index (χ4n) is 9.42. The van der Waals surface area contributed by atoms with Gasteiger partial charge in [0.25, 0.3) is 0 Å². The van der Waals surface area contributed by atoms with Gasteiger partial charge in [-0.15, -0.1) is 0 Å². The first-order valence-electron chi connectivity index (χ1n) is 12.7. The molecule has 4 saturated carbocycles. The molecule has 0 bridgehead atoms. The van der Waals surface area contributed by atoms with E-state index in [1.165, 1.54) is 19.3 Å². The van der Waals surface area contributed by atoms with Crippen LogP contribution in [0.15, 0.2) is 12.4 Å². The summed E-state index contributed by atoms with van der Waals surface area (Å²) in [6.45, 7) is 9.79. The summed E-state index contributed by atoms with van der Waals surface area (Å²) in [5, 5.41) is 24.0. The Bertz CT molecular complexity index is 960. The number of ketones is 1. The smallest absolute Gasteiger partial charge is 0.157 e. The summed E-state index contributed by atoms with van der Waals surface area (Å²) < 4.78 is 1.64. The van der Waals surface area contributed by atoms with Gasteiger partial charge in [-0.05, 0) is 98.7 Å². The van der Waals surface area contributed by atoms with Crippen LogP contribution in [0, 0.1) is 51.2 Å². The molecule has 5 heteroatoms. The standard InChI is InChI=1S/C27H39N3O2/c1-24(32)11-12-25(2)19(13-24)7-9-27(4)22-6-5-20(26(22,3)10-8-23(25)27)21(31)17-30-16-18(14-28)15-29-30/h15-16,19-20,22-23,32H,5-13,17H2,1-4H3/t19-,20-,22-,23-,24-,25+,26-,27+/m1/s1. The lowest BCUT2D eigenvalue weighted by molar-refractivity contribution is -0.186. The van der Waals surface area contributed by atoms with E-state index in [1.807, 2.05) is 6.92 Å². The van der Waals surface area contributed by atoms with Crippen LogP contribution in [0.3, 0.4) is 0 Å². The van der Waals surface area contributed by atoms with Crippen LogP contribution in [0.1, 0.15) is 91.0 Å². The van der Waals surface area contributed by atoms with Crippen molar-refractivity contribution in [3.63, 3.8) is 0 Å². The molecule has 1 heterocycles. The van der Waals surface area contributed by atoms with Crippen molar-refractivity contribution in [2.75, 3.05) is 0 Å². The van der Waals surface area contributed by atoms with Gasteiger partial charge >= 0.3 is 0 Å². The lowest BCUT2D eigenvalue weighted by atomic mass is 9.39. The van der Waals surface area contributed by atoms with E-state index in [1.54, 1.807) is 17.1 Å². The van der Waals surface area contributed by atoms with Crippen LogP contribution in [0.2, 0.25) is 0 Å². The van der Waals surface area contributed by atoms with Gasteiger partial charge in [-0.2, -0.15) is 10.4 Å². The van der Waals surface area contributed by atoms with Crippen LogP contribution < -0.4 is 0 Å². The van der Waals surface area contributed by atoms with Crippen LogP contribution in [0.25, 0.3) is 0 Å². The zero-order valence-corrected chi connectivity index (χ0v) is 20.2. The van der Waals surface area contributed by atoms with Crippen LogP contribution in [0.4, 0.5) is 0 Å². The summed E-state index contributed by atoms with van der Waals surface area (Å²) in [4.78, 5) is 13.4. The molecule has 5 nitrogen and oxygen atoms in total. The molecular formula is C27H39N3O2. The highest BCUT2D eigenvalue weighted by Crippen LogP contribution is 2.72. The number of aliphatic hydroxyl groups is 1. The molecule has 0 unspecified atom stereocenters. The second kappa shape index (κ2) is 7.16. The molecule has 4 aliphatic carbocycles. The monoisotopic (exact) mass is 437 g/mol.